The van der Waals surface area contributed by atoms with Crippen LogP contribution in [0.1, 0.15) is 31.2 Å². The van der Waals surface area contributed by atoms with Crippen LogP contribution in [0.15, 0.2) is 30.6 Å². The monoisotopic (exact) mass is 418 g/mol. The van der Waals surface area contributed by atoms with Gasteiger partial charge < -0.3 is 14.4 Å². The molecule has 5 rings (SSSR count). The first-order valence-electron chi connectivity index (χ1n) is 10.9. The van der Waals surface area contributed by atoms with Crippen LogP contribution >= 0.6 is 0 Å². The molecule has 0 saturated carbocycles. The molecule has 5 heterocycles. The Hall–Kier alpha value is -3.02. The van der Waals surface area contributed by atoms with E-state index in [1.54, 1.807) is 12.4 Å². The third-order valence-electron chi connectivity index (χ3n) is 6.38. The molecule has 2 atom stereocenters. The molecule has 1 unspecified atom stereocenters. The Balaban J connectivity index is 1.71. The molecule has 8 nitrogen and oxygen atoms in total. The molecule has 0 aliphatic carbocycles. The number of H-pyrrole nitrogens is 1. The summed E-state index contributed by atoms with van der Waals surface area (Å²) in [6, 6.07) is 8.81. The van der Waals surface area contributed by atoms with E-state index in [4.69, 9.17) is 14.5 Å². The van der Waals surface area contributed by atoms with E-state index in [1.807, 2.05) is 12.1 Å². The lowest BCUT2D eigenvalue weighted by molar-refractivity contribution is 0.0630. The first kappa shape index (κ1) is 19.9. The number of rotatable bonds is 4. The van der Waals surface area contributed by atoms with Gasteiger partial charge in [0.05, 0.1) is 36.9 Å². The maximum Gasteiger partial charge on any atom is 0.130 e. The highest BCUT2D eigenvalue weighted by molar-refractivity contribution is 5.94. The molecule has 0 radical (unpaired) electrons. The van der Waals surface area contributed by atoms with Crippen LogP contribution in [0.4, 0.5) is 5.82 Å². The number of nitrogens with zero attached hydrogens (tertiary/aromatic N) is 5. The molecule has 0 amide bonds. The van der Waals surface area contributed by atoms with E-state index in [0.29, 0.717) is 26.4 Å². The Morgan fingerprint density at radius 3 is 2.81 bits per heavy atom. The number of hydrogen-bond acceptors (Lipinski definition) is 7. The molecule has 2 saturated heterocycles. The molecule has 31 heavy (non-hydrogen) atoms. The average Bonchev–Trinajstić information content (AvgIpc) is 3.35. The van der Waals surface area contributed by atoms with Gasteiger partial charge in [-0.1, -0.05) is 0 Å². The largest absolute Gasteiger partial charge is 0.381 e. The zero-order chi connectivity index (χ0) is 21.2. The van der Waals surface area contributed by atoms with Crippen molar-refractivity contribution in [2.75, 3.05) is 37.9 Å². The number of fused-ring (bicyclic) bond motifs is 1. The van der Waals surface area contributed by atoms with E-state index in [-0.39, 0.29) is 17.9 Å². The van der Waals surface area contributed by atoms with Gasteiger partial charge in [0.2, 0.25) is 0 Å². The minimum atomic E-state index is -0.221. The van der Waals surface area contributed by atoms with Gasteiger partial charge in [0.15, 0.2) is 0 Å². The predicted molar refractivity (Wildman–Crippen MR) is 117 cm³/mol. The number of aromatic amines is 1. The van der Waals surface area contributed by atoms with Crippen LogP contribution in [0, 0.1) is 17.2 Å². The van der Waals surface area contributed by atoms with Crippen molar-refractivity contribution in [3.63, 3.8) is 0 Å². The Kier molecular flexibility index (Phi) is 5.53. The van der Waals surface area contributed by atoms with Gasteiger partial charge in [-0.2, -0.15) is 10.4 Å². The van der Waals surface area contributed by atoms with Crippen molar-refractivity contribution in [3.8, 4) is 17.5 Å². The maximum absolute atomic E-state index is 10.2. The van der Waals surface area contributed by atoms with E-state index >= 15 is 0 Å². The third-order valence-corrected chi connectivity index (χ3v) is 6.38. The number of nitrogens with one attached hydrogen (secondary N) is 1. The Labute approximate surface area is 181 Å². The van der Waals surface area contributed by atoms with E-state index in [9.17, 15) is 5.26 Å². The first-order chi connectivity index (χ1) is 15.3. The molecule has 2 aliphatic heterocycles. The summed E-state index contributed by atoms with van der Waals surface area (Å²) < 4.78 is 11.2. The van der Waals surface area contributed by atoms with E-state index in [2.05, 4.69) is 39.1 Å². The van der Waals surface area contributed by atoms with Crippen molar-refractivity contribution >= 4 is 16.7 Å². The number of morpholine rings is 1. The lowest BCUT2D eigenvalue weighted by atomic mass is 9.81. The molecule has 0 spiro atoms. The molecule has 2 fully saturated rings. The van der Waals surface area contributed by atoms with Crippen LogP contribution < -0.4 is 4.90 Å². The molecule has 8 heteroatoms. The minimum Gasteiger partial charge on any atom is -0.381 e. The number of nitriles is 1. The fourth-order valence-corrected chi connectivity index (χ4v) is 4.70. The predicted octanol–water partition coefficient (Wildman–Crippen LogP) is 3.28. The Morgan fingerprint density at radius 1 is 1.19 bits per heavy atom. The highest BCUT2D eigenvalue weighted by atomic mass is 16.5. The number of anilines is 1. The van der Waals surface area contributed by atoms with E-state index in [0.717, 1.165) is 53.1 Å². The number of ether oxygens (including phenoxy) is 2. The normalized spacial score (nSPS) is 21.2. The fourth-order valence-electron chi connectivity index (χ4n) is 4.70. The fraction of sp³-hybridized carbons (Fsp3) is 0.478. The summed E-state index contributed by atoms with van der Waals surface area (Å²) in [5, 5.41) is 18.3. The summed E-state index contributed by atoms with van der Waals surface area (Å²) in [4.78, 5) is 11.9. The number of aromatic nitrogens is 4. The molecule has 0 bridgehead atoms. The van der Waals surface area contributed by atoms with Crippen molar-refractivity contribution < 1.29 is 9.47 Å². The minimum absolute atomic E-state index is 0.211. The highest BCUT2D eigenvalue weighted by Gasteiger charge is 2.30. The van der Waals surface area contributed by atoms with Crippen molar-refractivity contribution in [1.29, 1.82) is 5.26 Å². The lowest BCUT2D eigenvalue weighted by Gasteiger charge is -2.35. The summed E-state index contributed by atoms with van der Waals surface area (Å²) in [6.45, 7) is 5.66. The SMILES string of the molecule is C[C@@H]1COCCN1c1cc(C(C#N)C2CCOCC2)c2ccnc(-c3ccn[nH]3)c2n1. The summed E-state index contributed by atoms with van der Waals surface area (Å²) in [5.41, 5.74) is 3.39. The third kappa shape index (κ3) is 3.75. The first-order valence-corrected chi connectivity index (χ1v) is 10.9. The zero-order valence-corrected chi connectivity index (χ0v) is 17.6. The summed E-state index contributed by atoms with van der Waals surface area (Å²) in [5.74, 6) is 0.920. The molecular weight excluding hydrogens is 392 g/mol. The van der Waals surface area contributed by atoms with Crippen LogP contribution in [-0.4, -0.2) is 59.2 Å². The van der Waals surface area contributed by atoms with Gasteiger partial charge in [0, 0.05) is 37.5 Å². The molecule has 160 valence electrons. The van der Waals surface area contributed by atoms with Crippen molar-refractivity contribution in [3.05, 3.63) is 36.2 Å². The van der Waals surface area contributed by atoms with Gasteiger partial charge >= 0.3 is 0 Å². The molecule has 2 aliphatic rings. The van der Waals surface area contributed by atoms with Gasteiger partial charge in [-0.05, 0) is 49.4 Å². The smallest absolute Gasteiger partial charge is 0.130 e. The van der Waals surface area contributed by atoms with Crippen LogP contribution in [0.3, 0.4) is 0 Å². The second-order valence-electron chi connectivity index (χ2n) is 8.27. The van der Waals surface area contributed by atoms with Gasteiger partial charge in [0.25, 0.3) is 0 Å². The Bertz CT molecular complexity index is 1090. The van der Waals surface area contributed by atoms with Crippen LogP contribution in [0.25, 0.3) is 22.3 Å². The van der Waals surface area contributed by atoms with Crippen molar-refractivity contribution in [1.82, 2.24) is 20.2 Å². The average molecular weight is 419 g/mol. The molecule has 3 aromatic rings. The standard InChI is InChI=1S/C23H26N6O2/c1-15-14-31-11-8-29(15)21-12-18(19(13-24)16-4-9-30-10-5-16)17-2-6-25-23(22(17)27-21)20-3-7-26-28-20/h2-3,6-7,12,15-16,19H,4-5,8-11,14H2,1H3,(H,26,28)/t15-,19?/m1/s1. The highest BCUT2D eigenvalue weighted by Crippen LogP contribution is 2.39. The lowest BCUT2D eigenvalue weighted by Crippen LogP contribution is -2.44. The van der Waals surface area contributed by atoms with Gasteiger partial charge in [0.1, 0.15) is 17.0 Å². The topological polar surface area (TPSA) is 100.0 Å². The number of pyridine rings is 2. The van der Waals surface area contributed by atoms with Gasteiger partial charge in [-0.3, -0.25) is 10.1 Å². The van der Waals surface area contributed by atoms with E-state index < -0.39 is 0 Å². The second-order valence-corrected chi connectivity index (χ2v) is 8.27. The van der Waals surface area contributed by atoms with Crippen molar-refractivity contribution in [2.24, 2.45) is 5.92 Å². The zero-order valence-electron chi connectivity index (χ0n) is 17.6. The van der Waals surface area contributed by atoms with Crippen LogP contribution in [0.5, 0.6) is 0 Å². The van der Waals surface area contributed by atoms with Crippen LogP contribution in [0.2, 0.25) is 0 Å². The molecule has 3 aromatic heterocycles. The van der Waals surface area contributed by atoms with Gasteiger partial charge in [-0.25, -0.2) is 4.98 Å². The van der Waals surface area contributed by atoms with E-state index in [1.165, 1.54) is 0 Å². The molecular formula is C23H26N6O2. The molecule has 0 aromatic carbocycles. The summed E-state index contributed by atoms with van der Waals surface area (Å²) in [7, 11) is 0. The Morgan fingerprint density at radius 2 is 2.06 bits per heavy atom. The number of hydrogen-bond donors (Lipinski definition) is 1. The second kappa shape index (κ2) is 8.61. The molecule has 1 N–H and O–H groups in total. The maximum atomic E-state index is 10.2. The quantitative estimate of drug-likeness (QED) is 0.694. The summed E-state index contributed by atoms with van der Waals surface area (Å²) in [6.07, 6.45) is 5.29. The van der Waals surface area contributed by atoms with Gasteiger partial charge in [-0.15, -0.1) is 0 Å². The van der Waals surface area contributed by atoms with Crippen molar-refractivity contribution in [2.45, 2.75) is 31.7 Å². The summed E-state index contributed by atoms with van der Waals surface area (Å²) >= 11 is 0. The van der Waals surface area contributed by atoms with Crippen LogP contribution in [-0.2, 0) is 9.47 Å².